The predicted octanol–water partition coefficient (Wildman–Crippen LogP) is 2.05. The molecule has 0 aliphatic carbocycles. The number of amides is 1. The average molecular weight is 299 g/mol. The van der Waals surface area contributed by atoms with Crippen molar-refractivity contribution in [3.63, 3.8) is 0 Å². The summed E-state index contributed by atoms with van der Waals surface area (Å²) in [7, 11) is 3.13. The van der Waals surface area contributed by atoms with Gasteiger partial charge in [0, 0.05) is 22.9 Å². The van der Waals surface area contributed by atoms with Gasteiger partial charge in [0.15, 0.2) is 0 Å². The van der Waals surface area contributed by atoms with Crippen LogP contribution in [0, 0.1) is 0 Å². The molecule has 0 saturated heterocycles. The number of rotatable bonds is 5. The predicted molar refractivity (Wildman–Crippen MR) is 85.5 cm³/mol. The topological polar surface area (TPSA) is 85.9 Å². The lowest BCUT2D eigenvalue weighted by molar-refractivity contribution is 0.0955. The maximum atomic E-state index is 11.9. The van der Waals surface area contributed by atoms with Gasteiger partial charge in [-0.15, -0.1) is 0 Å². The normalized spacial score (nSPS) is 10.5. The number of carbonyl (C=O) groups is 1. The summed E-state index contributed by atoms with van der Waals surface area (Å²) in [6, 6.07) is 11.9. The van der Waals surface area contributed by atoms with E-state index in [2.05, 4.69) is 10.5 Å². The van der Waals surface area contributed by atoms with Crippen molar-refractivity contribution in [3.05, 3.63) is 53.6 Å². The second-order valence-electron chi connectivity index (χ2n) is 4.43. The van der Waals surface area contributed by atoms with Crippen LogP contribution in [0.25, 0.3) is 0 Å². The van der Waals surface area contributed by atoms with E-state index >= 15 is 0 Å². The molecule has 0 bridgehead atoms. The zero-order valence-electron chi connectivity index (χ0n) is 12.4. The lowest BCUT2D eigenvalue weighted by Gasteiger charge is -2.07. The molecule has 0 aromatic heterocycles. The maximum absolute atomic E-state index is 11.9. The Kier molecular flexibility index (Phi) is 4.98. The van der Waals surface area contributed by atoms with Crippen molar-refractivity contribution in [2.24, 2.45) is 5.10 Å². The lowest BCUT2D eigenvalue weighted by Crippen LogP contribution is -2.17. The fourth-order valence-corrected chi connectivity index (χ4v) is 1.78. The molecule has 0 atom stereocenters. The number of hydrogen-bond donors (Lipinski definition) is 2. The summed E-state index contributed by atoms with van der Waals surface area (Å²) in [5, 5.41) is 3.93. The first-order valence-corrected chi connectivity index (χ1v) is 6.55. The number of hydrazone groups is 1. The van der Waals surface area contributed by atoms with Crippen LogP contribution in [0.2, 0.25) is 0 Å². The number of nitrogens with zero attached hydrogens (tertiary/aromatic N) is 1. The third-order valence-electron chi connectivity index (χ3n) is 2.98. The summed E-state index contributed by atoms with van der Waals surface area (Å²) in [5.41, 5.74) is 9.83. The van der Waals surface area contributed by atoms with E-state index in [0.29, 0.717) is 22.7 Å². The first-order valence-electron chi connectivity index (χ1n) is 6.55. The molecule has 0 unspecified atom stereocenters. The highest BCUT2D eigenvalue weighted by atomic mass is 16.5. The monoisotopic (exact) mass is 299 g/mol. The van der Waals surface area contributed by atoms with E-state index in [9.17, 15) is 4.79 Å². The summed E-state index contributed by atoms with van der Waals surface area (Å²) in [5.74, 6) is 0.966. The van der Waals surface area contributed by atoms with Crippen molar-refractivity contribution in [3.8, 4) is 11.5 Å². The molecule has 114 valence electrons. The number of nitrogens with two attached hydrogens (primary N) is 1. The highest BCUT2D eigenvalue weighted by Gasteiger charge is 2.05. The van der Waals surface area contributed by atoms with E-state index in [1.165, 1.54) is 6.21 Å². The van der Waals surface area contributed by atoms with Gasteiger partial charge in [-0.25, -0.2) is 5.43 Å². The summed E-state index contributed by atoms with van der Waals surface area (Å²) in [6.45, 7) is 0. The van der Waals surface area contributed by atoms with Gasteiger partial charge in [0.1, 0.15) is 11.5 Å². The van der Waals surface area contributed by atoms with Crippen LogP contribution in [0.5, 0.6) is 11.5 Å². The summed E-state index contributed by atoms with van der Waals surface area (Å²) in [6.07, 6.45) is 1.51. The van der Waals surface area contributed by atoms with Crippen LogP contribution in [0.4, 0.5) is 5.69 Å². The van der Waals surface area contributed by atoms with E-state index in [1.807, 2.05) is 0 Å². The maximum Gasteiger partial charge on any atom is 0.271 e. The second-order valence-corrected chi connectivity index (χ2v) is 4.43. The Bertz CT molecular complexity index is 682. The standard InChI is InChI=1S/C16H17N3O3/c1-21-14-8-5-12(15(9-14)22-2)10-18-19-16(20)11-3-6-13(17)7-4-11/h3-10H,17H2,1-2H3,(H,19,20)/b18-10+. The third-order valence-corrected chi connectivity index (χ3v) is 2.98. The quantitative estimate of drug-likeness (QED) is 0.502. The van der Waals surface area contributed by atoms with Gasteiger partial charge in [0.2, 0.25) is 0 Å². The molecular weight excluding hydrogens is 282 g/mol. The number of carbonyl (C=O) groups excluding carboxylic acids is 1. The minimum atomic E-state index is -0.316. The molecule has 2 aromatic carbocycles. The van der Waals surface area contributed by atoms with Crippen molar-refractivity contribution in [1.82, 2.24) is 5.43 Å². The molecule has 2 aromatic rings. The molecule has 3 N–H and O–H groups in total. The number of anilines is 1. The van der Waals surface area contributed by atoms with Gasteiger partial charge in [-0.3, -0.25) is 4.79 Å². The Balaban J connectivity index is 2.06. The number of hydrogen-bond acceptors (Lipinski definition) is 5. The molecule has 0 saturated carbocycles. The van der Waals surface area contributed by atoms with Gasteiger partial charge in [0.05, 0.1) is 20.4 Å². The van der Waals surface area contributed by atoms with Crippen molar-refractivity contribution in [2.45, 2.75) is 0 Å². The zero-order valence-corrected chi connectivity index (χ0v) is 12.4. The Morgan fingerprint density at radius 2 is 1.86 bits per heavy atom. The van der Waals surface area contributed by atoms with E-state index in [0.717, 1.165) is 5.56 Å². The molecule has 0 fully saturated rings. The lowest BCUT2D eigenvalue weighted by atomic mass is 10.2. The van der Waals surface area contributed by atoms with Gasteiger partial charge in [-0.05, 0) is 36.4 Å². The minimum absolute atomic E-state index is 0.316. The van der Waals surface area contributed by atoms with Crippen molar-refractivity contribution in [1.29, 1.82) is 0 Å². The molecular formula is C16H17N3O3. The van der Waals surface area contributed by atoms with E-state index in [-0.39, 0.29) is 5.91 Å². The molecule has 0 radical (unpaired) electrons. The highest BCUT2D eigenvalue weighted by molar-refractivity contribution is 5.95. The van der Waals surface area contributed by atoms with E-state index in [1.54, 1.807) is 56.7 Å². The van der Waals surface area contributed by atoms with Crippen LogP contribution in [0.3, 0.4) is 0 Å². The van der Waals surface area contributed by atoms with Gasteiger partial charge >= 0.3 is 0 Å². The number of methoxy groups -OCH3 is 2. The molecule has 2 rings (SSSR count). The Labute approximate surface area is 128 Å². The van der Waals surface area contributed by atoms with Crippen LogP contribution in [-0.2, 0) is 0 Å². The van der Waals surface area contributed by atoms with Crippen LogP contribution >= 0.6 is 0 Å². The molecule has 0 aliphatic rings. The number of benzene rings is 2. The summed E-state index contributed by atoms with van der Waals surface area (Å²) in [4.78, 5) is 11.9. The zero-order chi connectivity index (χ0) is 15.9. The first-order chi connectivity index (χ1) is 10.6. The minimum Gasteiger partial charge on any atom is -0.497 e. The molecule has 6 nitrogen and oxygen atoms in total. The highest BCUT2D eigenvalue weighted by Crippen LogP contribution is 2.22. The van der Waals surface area contributed by atoms with E-state index in [4.69, 9.17) is 15.2 Å². The molecule has 22 heavy (non-hydrogen) atoms. The SMILES string of the molecule is COc1ccc(/C=N/NC(=O)c2ccc(N)cc2)c(OC)c1. The molecule has 6 heteroatoms. The van der Waals surface area contributed by atoms with Crippen LogP contribution in [0.15, 0.2) is 47.6 Å². The number of nitrogen functional groups attached to an aromatic ring is 1. The Hall–Kier alpha value is -3.02. The first kappa shape index (κ1) is 15.4. The fourth-order valence-electron chi connectivity index (χ4n) is 1.78. The van der Waals surface area contributed by atoms with Crippen LogP contribution in [-0.4, -0.2) is 26.3 Å². The number of nitrogens with one attached hydrogen (secondary N) is 1. The Morgan fingerprint density at radius 1 is 1.14 bits per heavy atom. The average Bonchev–Trinajstić information content (AvgIpc) is 2.55. The van der Waals surface area contributed by atoms with Crippen molar-refractivity contribution < 1.29 is 14.3 Å². The van der Waals surface area contributed by atoms with Gasteiger partial charge in [0.25, 0.3) is 5.91 Å². The molecule has 0 spiro atoms. The molecule has 0 aliphatic heterocycles. The molecule has 0 heterocycles. The summed E-state index contributed by atoms with van der Waals surface area (Å²) < 4.78 is 10.4. The largest absolute Gasteiger partial charge is 0.497 e. The van der Waals surface area contributed by atoms with Gasteiger partial charge < -0.3 is 15.2 Å². The number of ether oxygens (including phenoxy) is 2. The third kappa shape index (κ3) is 3.76. The smallest absolute Gasteiger partial charge is 0.271 e. The van der Waals surface area contributed by atoms with Gasteiger partial charge in [-0.2, -0.15) is 5.10 Å². The summed E-state index contributed by atoms with van der Waals surface area (Å²) >= 11 is 0. The van der Waals surface area contributed by atoms with E-state index < -0.39 is 0 Å². The Morgan fingerprint density at radius 3 is 2.50 bits per heavy atom. The van der Waals surface area contributed by atoms with Crippen molar-refractivity contribution in [2.75, 3.05) is 20.0 Å². The second kappa shape index (κ2) is 7.12. The fraction of sp³-hybridized carbons (Fsp3) is 0.125. The van der Waals surface area contributed by atoms with Crippen molar-refractivity contribution >= 4 is 17.8 Å². The molecule has 1 amide bonds. The van der Waals surface area contributed by atoms with Crippen LogP contribution in [0.1, 0.15) is 15.9 Å². The van der Waals surface area contributed by atoms with Gasteiger partial charge in [-0.1, -0.05) is 0 Å². The van der Waals surface area contributed by atoms with Crippen LogP contribution < -0.4 is 20.6 Å².